The molecule has 1 fully saturated rings. The van der Waals surface area contributed by atoms with Crippen molar-refractivity contribution in [1.82, 2.24) is 40.3 Å². The van der Waals surface area contributed by atoms with E-state index in [4.69, 9.17) is 4.74 Å². The molecule has 0 aliphatic carbocycles. The average Bonchev–Trinajstić information content (AvgIpc) is 3.85. The number of hydrogen-bond acceptors (Lipinski definition) is 11. The Balaban J connectivity index is 1.18. The third kappa shape index (κ3) is 6.97. The van der Waals surface area contributed by atoms with Gasteiger partial charge in [0.15, 0.2) is 0 Å². The Morgan fingerprint density at radius 2 is 1.78 bits per heavy atom. The molecular weight excluding hydrogens is 650 g/mol. The number of hydrazone groups is 1. The highest BCUT2D eigenvalue weighted by molar-refractivity contribution is 5.94. The van der Waals surface area contributed by atoms with Crippen LogP contribution in [0.5, 0.6) is 5.75 Å². The zero-order valence-corrected chi connectivity index (χ0v) is 28.1. The van der Waals surface area contributed by atoms with Crippen molar-refractivity contribution in [3.63, 3.8) is 0 Å². The van der Waals surface area contributed by atoms with Gasteiger partial charge in [-0.15, -0.1) is 5.10 Å². The summed E-state index contributed by atoms with van der Waals surface area (Å²) in [5, 5.41) is 32.4. The summed E-state index contributed by atoms with van der Waals surface area (Å²) in [5.74, 6) is -1.58. The highest BCUT2D eigenvalue weighted by atomic mass is 19.1. The second-order valence-electron chi connectivity index (χ2n) is 12.5. The lowest BCUT2D eigenvalue weighted by Crippen LogP contribution is -2.55. The molecule has 3 aromatic carbocycles. The molecule has 0 unspecified atom stereocenters. The van der Waals surface area contributed by atoms with E-state index in [1.165, 1.54) is 22.0 Å². The van der Waals surface area contributed by atoms with Crippen molar-refractivity contribution in [3.05, 3.63) is 94.8 Å². The van der Waals surface area contributed by atoms with Crippen LogP contribution in [0.4, 0.5) is 19.3 Å². The van der Waals surface area contributed by atoms with Crippen LogP contribution >= 0.6 is 0 Å². The summed E-state index contributed by atoms with van der Waals surface area (Å²) in [6.07, 6.45) is 3.09. The lowest BCUT2D eigenvalue weighted by Gasteiger charge is -2.41. The first kappa shape index (κ1) is 34.4. The fraction of sp³-hybridized carbons (Fsp3) is 0.353. The number of hydrogen-bond donors (Lipinski definition) is 2. The molecule has 262 valence electrons. The zero-order valence-electron chi connectivity index (χ0n) is 28.1. The van der Waals surface area contributed by atoms with Crippen LogP contribution in [0.3, 0.4) is 0 Å². The van der Waals surface area contributed by atoms with Crippen molar-refractivity contribution >= 4 is 24.0 Å². The van der Waals surface area contributed by atoms with Crippen molar-refractivity contribution in [2.24, 2.45) is 5.10 Å². The number of halogens is 2. The van der Waals surface area contributed by atoms with E-state index in [1.807, 2.05) is 30.9 Å². The molecule has 2 amide bonds. The third-order valence-electron chi connectivity index (χ3n) is 8.96. The second kappa shape index (κ2) is 14.2. The van der Waals surface area contributed by atoms with E-state index in [0.29, 0.717) is 30.2 Å². The molecule has 0 spiro atoms. The normalized spacial score (nSPS) is 16.3. The molecule has 2 N–H and O–H groups in total. The van der Waals surface area contributed by atoms with E-state index >= 15 is 4.39 Å². The maximum absolute atomic E-state index is 15.4. The number of rotatable bonds is 12. The van der Waals surface area contributed by atoms with Gasteiger partial charge in [-0.25, -0.2) is 18.3 Å². The number of likely N-dealkylation sites (N-methyl/N-ethyl adjacent to an activating group) is 1. The number of aromatic nitrogens is 4. The fourth-order valence-corrected chi connectivity index (χ4v) is 6.47. The van der Waals surface area contributed by atoms with E-state index in [0.717, 1.165) is 28.8 Å². The molecule has 0 radical (unpaired) electrons. The molecule has 2 aliphatic rings. The summed E-state index contributed by atoms with van der Waals surface area (Å²) >= 11 is 0. The van der Waals surface area contributed by atoms with Crippen LogP contribution in [-0.4, -0.2) is 104 Å². The number of esters is 1. The minimum absolute atomic E-state index is 0.0926. The minimum atomic E-state index is -1.98. The van der Waals surface area contributed by atoms with Crippen LogP contribution in [0, 0.1) is 25.5 Å². The molecule has 2 aliphatic heterocycles. The fourth-order valence-electron chi connectivity index (χ4n) is 6.47. The van der Waals surface area contributed by atoms with Gasteiger partial charge in [-0.2, -0.15) is 5.10 Å². The van der Waals surface area contributed by atoms with E-state index in [-0.39, 0.29) is 43.9 Å². The maximum Gasteiger partial charge on any atom is 0.325 e. The van der Waals surface area contributed by atoms with Crippen molar-refractivity contribution in [2.45, 2.75) is 39.0 Å². The van der Waals surface area contributed by atoms with Gasteiger partial charge in [-0.1, -0.05) is 18.2 Å². The highest BCUT2D eigenvalue weighted by Crippen LogP contribution is 2.35. The van der Waals surface area contributed by atoms with E-state index in [9.17, 15) is 19.1 Å². The summed E-state index contributed by atoms with van der Waals surface area (Å²) < 4.78 is 36.5. The van der Waals surface area contributed by atoms with Crippen molar-refractivity contribution in [1.29, 1.82) is 0 Å². The standard InChI is InChI=1S/C34H38F2N10O4/c1-22-13-25(14-23(2)32(22)50-31(47)16-37-4)17-42-20-39-43(21-42)18-34(49,29-10-5-26(35)15-30(29)36)24(3)44-11-12-45(33(44)48)27-6-8-28(9-7-27)46-19-38-40-41-46/h5-10,13-15,19-20,24,37,49H,11-12,16-18,21H2,1-4H3/t24-,34-/m1/s1. The van der Waals surface area contributed by atoms with Crippen LogP contribution in [0.1, 0.15) is 29.2 Å². The quantitative estimate of drug-likeness (QED) is 0.168. The molecule has 6 rings (SSSR count). The van der Waals surface area contributed by atoms with Gasteiger partial charge in [0, 0.05) is 37.0 Å². The van der Waals surface area contributed by atoms with Gasteiger partial charge in [0.25, 0.3) is 0 Å². The SMILES string of the molecule is CNCC(=O)Oc1c(C)cc(CN2C=NN(C[C@](O)(c3ccc(F)cc3F)[C@@H](C)N3CCN(c4ccc(-n5cnnn5)cc4)C3=O)C2)cc1C. The number of nitrogens with one attached hydrogen (secondary N) is 1. The zero-order chi connectivity index (χ0) is 35.6. The number of anilines is 1. The molecule has 3 heterocycles. The molecule has 1 saturated heterocycles. The molecule has 50 heavy (non-hydrogen) atoms. The van der Waals surface area contributed by atoms with Gasteiger partial charge in [-0.05, 0) is 85.3 Å². The number of carbonyl (C=O) groups is 2. The largest absolute Gasteiger partial charge is 0.425 e. The lowest BCUT2D eigenvalue weighted by atomic mass is 9.85. The van der Waals surface area contributed by atoms with Gasteiger partial charge >= 0.3 is 12.0 Å². The molecular formula is C34H38F2N10O4. The monoisotopic (exact) mass is 688 g/mol. The van der Waals surface area contributed by atoms with Crippen molar-refractivity contribution in [2.75, 3.05) is 44.8 Å². The maximum atomic E-state index is 15.4. The van der Waals surface area contributed by atoms with Gasteiger partial charge in [0.2, 0.25) is 0 Å². The number of amides is 2. The van der Waals surface area contributed by atoms with Gasteiger partial charge in [0.05, 0.1) is 24.8 Å². The van der Waals surface area contributed by atoms with E-state index in [2.05, 4.69) is 25.9 Å². The summed E-state index contributed by atoms with van der Waals surface area (Å²) in [6.45, 7) is 6.59. The Labute approximate surface area is 287 Å². The van der Waals surface area contributed by atoms with Crippen LogP contribution in [0.25, 0.3) is 5.69 Å². The van der Waals surface area contributed by atoms with E-state index in [1.54, 1.807) is 54.5 Å². The molecule has 0 bridgehead atoms. The minimum Gasteiger partial charge on any atom is -0.425 e. The van der Waals surface area contributed by atoms with Crippen molar-refractivity contribution < 1.29 is 28.2 Å². The van der Waals surface area contributed by atoms with Gasteiger partial charge in [-0.3, -0.25) is 14.7 Å². The molecule has 2 atom stereocenters. The first-order valence-corrected chi connectivity index (χ1v) is 16.0. The summed E-state index contributed by atoms with van der Waals surface area (Å²) in [4.78, 5) is 30.8. The number of nitrogens with zero attached hydrogens (tertiary/aromatic N) is 9. The van der Waals surface area contributed by atoms with Crippen molar-refractivity contribution in [3.8, 4) is 11.4 Å². The summed E-state index contributed by atoms with van der Waals surface area (Å²) in [5.41, 5.74) is 1.78. The second-order valence-corrected chi connectivity index (χ2v) is 12.5. The van der Waals surface area contributed by atoms with Gasteiger partial charge in [0.1, 0.15) is 42.3 Å². The van der Waals surface area contributed by atoms with Crippen LogP contribution in [0.15, 0.2) is 66.0 Å². The first-order valence-electron chi connectivity index (χ1n) is 16.0. The van der Waals surface area contributed by atoms with E-state index < -0.39 is 23.3 Å². The number of benzene rings is 3. The number of carbonyl (C=O) groups excluding carboxylic acids is 2. The average molecular weight is 689 g/mol. The Morgan fingerprint density at radius 3 is 2.44 bits per heavy atom. The van der Waals surface area contributed by atoms with Crippen LogP contribution < -0.4 is 15.0 Å². The third-order valence-corrected chi connectivity index (χ3v) is 8.96. The molecule has 16 heteroatoms. The number of aryl methyl sites for hydroxylation is 2. The Hall–Kier alpha value is -5.48. The smallest absolute Gasteiger partial charge is 0.325 e. The predicted molar refractivity (Wildman–Crippen MR) is 179 cm³/mol. The Kier molecular flexibility index (Phi) is 9.74. The van der Waals surface area contributed by atoms with Crippen LogP contribution in [0.2, 0.25) is 0 Å². The predicted octanol–water partition coefficient (Wildman–Crippen LogP) is 2.92. The number of β-amino-alcohol motifs (C(OH)–C–C–N with tert-alkyl or cyclic N) is 1. The molecule has 1 aromatic heterocycles. The number of urea groups is 1. The first-order chi connectivity index (χ1) is 24.0. The van der Waals surface area contributed by atoms with Gasteiger partial charge < -0.3 is 25.0 Å². The number of ether oxygens (including phenoxy) is 1. The molecule has 4 aromatic rings. The number of aliphatic hydroxyl groups is 1. The molecule has 0 saturated carbocycles. The highest BCUT2D eigenvalue weighted by Gasteiger charge is 2.47. The molecule has 14 nitrogen and oxygen atoms in total. The summed E-state index contributed by atoms with van der Waals surface area (Å²) in [6, 6.07) is 12.7. The van der Waals surface area contributed by atoms with Crippen LogP contribution in [-0.2, 0) is 16.9 Å². The summed E-state index contributed by atoms with van der Waals surface area (Å²) in [7, 11) is 1.67. The topological polar surface area (TPSA) is 145 Å². The Morgan fingerprint density at radius 1 is 1.06 bits per heavy atom. The lowest BCUT2D eigenvalue weighted by molar-refractivity contribution is -0.133. The Bertz CT molecular complexity index is 1870. The number of tetrazole rings is 1.